The van der Waals surface area contributed by atoms with E-state index in [2.05, 4.69) is 0 Å². The van der Waals surface area contributed by atoms with Gasteiger partial charge in [-0.25, -0.2) is 5.43 Å². The Morgan fingerprint density at radius 3 is 2.53 bits per heavy atom. The Hall–Kier alpha value is -0.910. The molecule has 0 radical (unpaired) electrons. The van der Waals surface area contributed by atoms with Crippen molar-refractivity contribution in [2.24, 2.45) is 5.84 Å². The molecule has 1 atom stereocenters. The smallest absolute Gasteiger partial charge is 0.342 e. The third-order valence-electron chi connectivity index (χ3n) is 2.06. The van der Waals surface area contributed by atoms with Crippen molar-refractivity contribution >= 4 is 11.6 Å². The number of nitrogens with one attached hydrogen (secondary N) is 1. The minimum Gasteiger partial charge on any atom is -0.491 e. The van der Waals surface area contributed by atoms with E-state index in [9.17, 15) is 8.78 Å². The molecule has 1 rings (SSSR count). The summed E-state index contributed by atoms with van der Waals surface area (Å²) in [4.78, 5) is 0. The molecule has 0 saturated carbocycles. The number of benzene rings is 1. The van der Waals surface area contributed by atoms with Gasteiger partial charge in [0.2, 0.25) is 0 Å². The molecular formula is C11H15ClF2N2O. The van der Waals surface area contributed by atoms with Crippen LogP contribution in [0.25, 0.3) is 0 Å². The topological polar surface area (TPSA) is 47.3 Å². The average Bonchev–Trinajstić information content (AvgIpc) is 2.15. The maximum atomic E-state index is 13.0. The van der Waals surface area contributed by atoms with Gasteiger partial charge >= 0.3 is 5.38 Å². The summed E-state index contributed by atoms with van der Waals surface area (Å²) in [5, 5.41) is -3.47. The summed E-state index contributed by atoms with van der Waals surface area (Å²) in [5.74, 6) is 5.59. The molecule has 0 aliphatic heterocycles. The van der Waals surface area contributed by atoms with Crippen LogP contribution in [-0.2, 0) is 0 Å². The van der Waals surface area contributed by atoms with Crippen molar-refractivity contribution in [2.45, 2.75) is 31.4 Å². The van der Waals surface area contributed by atoms with Gasteiger partial charge in [0.25, 0.3) is 0 Å². The molecule has 1 unspecified atom stereocenters. The van der Waals surface area contributed by atoms with Crippen LogP contribution in [-0.4, -0.2) is 11.5 Å². The zero-order valence-corrected chi connectivity index (χ0v) is 10.3. The predicted molar refractivity (Wildman–Crippen MR) is 63.1 cm³/mol. The highest BCUT2D eigenvalue weighted by Gasteiger charge is 2.37. The number of rotatable bonds is 5. The summed E-state index contributed by atoms with van der Waals surface area (Å²) >= 11 is 4.98. The highest BCUT2D eigenvalue weighted by atomic mass is 35.5. The van der Waals surface area contributed by atoms with E-state index in [1.165, 1.54) is 12.1 Å². The minimum absolute atomic E-state index is 0.0361. The molecule has 0 amide bonds. The van der Waals surface area contributed by atoms with Crippen LogP contribution in [0.5, 0.6) is 5.75 Å². The van der Waals surface area contributed by atoms with Crippen LogP contribution >= 0.6 is 11.6 Å². The van der Waals surface area contributed by atoms with Crippen LogP contribution in [0.4, 0.5) is 8.78 Å². The molecule has 0 bridgehead atoms. The molecule has 0 saturated heterocycles. The van der Waals surface area contributed by atoms with Gasteiger partial charge < -0.3 is 4.74 Å². The molecule has 1 aromatic rings. The maximum Gasteiger partial charge on any atom is 0.342 e. The monoisotopic (exact) mass is 264 g/mol. The third-order valence-corrected chi connectivity index (χ3v) is 2.28. The lowest BCUT2D eigenvalue weighted by molar-refractivity contribution is 0.0496. The van der Waals surface area contributed by atoms with E-state index in [4.69, 9.17) is 22.2 Å². The quantitative estimate of drug-likeness (QED) is 0.488. The van der Waals surface area contributed by atoms with Crippen LogP contribution in [0.15, 0.2) is 24.3 Å². The number of ether oxygens (including phenoxy) is 1. The Labute approximate surface area is 104 Å². The molecule has 0 fully saturated rings. The van der Waals surface area contributed by atoms with E-state index in [1.807, 2.05) is 19.3 Å². The second kappa shape index (κ2) is 5.62. The highest BCUT2D eigenvalue weighted by molar-refractivity contribution is 6.22. The van der Waals surface area contributed by atoms with Gasteiger partial charge in [-0.1, -0.05) is 12.1 Å². The lowest BCUT2D eigenvalue weighted by Gasteiger charge is -2.21. The largest absolute Gasteiger partial charge is 0.491 e. The SMILES string of the molecule is CC(C)Oc1cccc(C(NN)C(F)(F)Cl)c1. The number of hydrogen-bond acceptors (Lipinski definition) is 3. The van der Waals surface area contributed by atoms with Crippen LogP contribution in [0.3, 0.4) is 0 Å². The third kappa shape index (κ3) is 4.11. The summed E-state index contributed by atoms with van der Waals surface area (Å²) in [6, 6.07) is 4.83. The second-order valence-electron chi connectivity index (χ2n) is 3.88. The minimum atomic E-state index is -3.47. The van der Waals surface area contributed by atoms with Crippen molar-refractivity contribution < 1.29 is 13.5 Å². The fourth-order valence-corrected chi connectivity index (χ4v) is 1.61. The summed E-state index contributed by atoms with van der Waals surface area (Å²) in [6.45, 7) is 3.70. The van der Waals surface area contributed by atoms with Gasteiger partial charge in [-0.3, -0.25) is 5.84 Å². The van der Waals surface area contributed by atoms with Gasteiger partial charge in [0.1, 0.15) is 11.8 Å². The van der Waals surface area contributed by atoms with E-state index >= 15 is 0 Å². The molecule has 96 valence electrons. The normalized spacial score (nSPS) is 13.8. The lowest BCUT2D eigenvalue weighted by Crippen LogP contribution is -2.37. The molecule has 0 aliphatic rings. The van der Waals surface area contributed by atoms with Crippen molar-refractivity contribution in [3.8, 4) is 5.75 Å². The van der Waals surface area contributed by atoms with E-state index in [-0.39, 0.29) is 11.7 Å². The van der Waals surface area contributed by atoms with Crippen molar-refractivity contribution in [1.82, 2.24) is 5.43 Å². The Kier molecular flexibility index (Phi) is 4.68. The molecule has 0 aliphatic carbocycles. The van der Waals surface area contributed by atoms with Crippen molar-refractivity contribution in [1.29, 1.82) is 0 Å². The Balaban J connectivity index is 2.97. The van der Waals surface area contributed by atoms with Gasteiger partial charge in [0.15, 0.2) is 0 Å². The van der Waals surface area contributed by atoms with E-state index in [1.54, 1.807) is 12.1 Å². The molecule has 17 heavy (non-hydrogen) atoms. The van der Waals surface area contributed by atoms with Gasteiger partial charge in [-0.15, -0.1) is 0 Å². The van der Waals surface area contributed by atoms with Gasteiger partial charge in [0, 0.05) is 0 Å². The number of hydrazine groups is 1. The first-order valence-corrected chi connectivity index (χ1v) is 5.52. The molecule has 3 nitrogen and oxygen atoms in total. The Bertz CT molecular complexity index is 369. The zero-order chi connectivity index (χ0) is 13.1. The Morgan fingerprint density at radius 2 is 2.06 bits per heavy atom. The summed E-state index contributed by atoms with van der Waals surface area (Å²) in [5.41, 5.74) is 2.27. The van der Waals surface area contributed by atoms with Crippen molar-refractivity contribution in [3.05, 3.63) is 29.8 Å². The molecule has 3 N–H and O–H groups in total. The van der Waals surface area contributed by atoms with E-state index < -0.39 is 11.4 Å². The van der Waals surface area contributed by atoms with Crippen LogP contribution in [0.1, 0.15) is 25.5 Å². The first kappa shape index (κ1) is 14.2. The Morgan fingerprint density at radius 1 is 1.41 bits per heavy atom. The lowest BCUT2D eigenvalue weighted by atomic mass is 10.1. The first-order valence-electron chi connectivity index (χ1n) is 5.14. The highest BCUT2D eigenvalue weighted by Crippen LogP contribution is 2.35. The average molecular weight is 265 g/mol. The second-order valence-corrected chi connectivity index (χ2v) is 4.38. The van der Waals surface area contributed by atoms with Gasteiger partial charge in [-0.05, 0) is 43.1 Å². The fourth-order valence-electron chi connectivity index (χ4n) is 1.42. The molecular weight excluding hydrogens is 250 g/mol. The number of alkyl halides is 3. The fraction of sp³-hybridized carbons (Fsp3) is 0.455. The molecule has 0 spiro atoms. The molecule has 0 aromatic heterocycles. The maximum absolute atomic E-state index is 13.0. The van der Waals surface area contributed by atoms with Gasteiger partial charge in [0.05, 0.1) is 6.10 Å². The van der Waals surface area contributed by atoms with Crippen LogP contribution < -0.4 is 16.0 Å². The standard InChI is InChI=1S/C11H15ClF2N2O/c1-7(2)17-9-5-3-4-8(6-9)10(16-15)11(12,13)14/h3-7,10,16H,15H2,1-2H3. The van der Waals surface area contributed by atoms with Crippen molar-refractivity contribution in [3.63, 3.8) is 0 Å². The summed E-state index contributed by atoms with van der Waals surface area (Å²) in [7, 11) is 0. The molecule has 1 aromatic carbocycles. The number of nitrogens with two attached hydrogens (primary N) is 1. The number of hydrogen-bond donors (Lipinski definition) is 2. The zero-order valence-electron chi connectivity index (χ0n) is 9.58. The van der Waals surface area contributed by atoms with Gasteiger partial charge in [-0.2, -0.15) is 8.78 Å². The van der Waals surface area contributed by atoms with Crippen molar-refractivity contribution in [2.75, 3.05) is 0 Å². The molecule has 6 heteroatoms. The van der Waals surface area contributed by atoms with E-state index in [0.29, 0.717) is 5.75 Å². The predicted octanol–water partition coefficient (Wildman–Crippen LogP) is 2.81. The van der Waals surface area contributed by atoms with Crippen LogP contribution in [0.2, 0.25) is 0 Å². The number of halogens is 3. The molecule has 0 heterocycles. The van der Waals surface area contributed by atoms with E-state index in [0.717, 1.165) is 0 Å². The van der Waals surface area contributed by atoms with Crippen LogP contribution in [0, 0.1) is 0 Å². The summed E-state index contributed by atoms with van der Waals surface area (Å²) in [6.07, 6.45) is -0.0361. The first-order chi connectivity index (χ1) is 7.84. The summed E-state index contributed by atoms with van der Waals surface area (Å²) < 4.78 is 31.5.